The summed E-state index contributed by atoms with van der Waals surface area (Å²) in [5.41, 5.74) is 1.24. The van der Waals surface area contributed by atoms with Gasteiger partial charge in [0.05, 0.1) is 16.1 Å². The van der Waals surface area contributed by atoms with E-state index in [-0.39, 0.29) is 5.91 Å². The van der Waals surface area contributed by atoms with E-state index in [2.05, 4.69) is 10.3 Å². The number of nitrogens with zero attached hydrogens (tertiary/aromatic N) is 1. The highest BCUT2D eigenvalue weighted by Crippen LogP contribution is 2.21. The van der Waals surface area contributed by atoms with Gasteiger partial charge in [0.25, 0.3) is 5.91 Å². The average Bonchev–Trinajstić information content (AvgIpc) is 2.43. The predicted molar refractivity (Wildman–Crippen MR) is 75.6 cm³/mol. The molecule has 1 amide bonds. The Morgan fingerprint density at radius 1 is 1.47 bits per heavy atom. The zero-order chi connectivity index (χ0) is 13.7. The minimum Gasteiger partial charge on any atom is -0.385 e. The quantitative estimate of drug-likeness (QED) is 0.856. The van der Waals surface area contributed by atoms with E-state index in [4.69, 9.17) is 16.3 Å². The molecular weight excluding hydrogens is 264 g/mol. The monoisotopic (exact) mass is 278 g/mol. The van der Waals surface area contributed by atoms with Gasteiger partial charge in [-0.1, -0.05) is 23.7 Å². The van der Waals surface area contributed by atoms with Gasteiger partial charge < -0.3 is 10.1 Å². The molecule has 0 aliphatic rings. The summed E-state index contributed by atoms with van der Waals surface area (Å²) in [4.78, 5) is 16.1. The normalized spacial score (nSPS) is 10.6. The average molecular weight is 279 g/mol. The van der Waals surface area contributed by atoms with Crippen LogP contribution < -0.4 is 5.32 Å². The van der Waals surface area contributed by atoms with Crippen molar-refractivity contribution in [2.75, 3.05) is 20.3 Å². The van der Waals surface area contributed by atoms with Crippen LogP contribution in [0.25, 0.3) is 10.9 Å². The molecule has 100 valence electrons. The van der Waals surface area contributed by atoms with Crippen LogP contribution in [0.3, 0.4) is 0 Å². The lowest BCUT2D eigenvalue weighted by Crippen LogP contribution is -2.25. The Hall–Kier alpha value is -1.65. The summed E-state index contributed by atoms with van der Waals surface area (Å²) in [6.07, 6.45) is 2.33. The number of rotatable bonds is 5. The molecule has 0 spiro atoms. The van der Waals surface area contributed by atoms with Crippen molar-refractivity contribution in [2.45, 2.75) is 6.42 Å². The van der Waals surface area contributed by atoms with Gasteiger partial charge in [0, 0.05) is 31.8 Å². The van der Waals surface area contributed by atoms with Crippen LogP contribution in [-0.4, -0.2) is 31.2 Å². The van der Waals surface area contributed by atoms with Gasteiger partial charge in [-0.05, 0) is 18.6 Å². The molecule has 1 aromatic carbocycles. The number of nitrogens with one attached hydrogen (secondary N) is 1. The number of methoxy groups -OCH3 is 1. The predicted octanol–water partition coefficient (Wildman–Crippen LogP) is 2.65. The highest BCUT2D eigenvalue weighted by atomic mass is 35.5. The molecule has 0 radical (unpaired) electrons. The lowest BCUT2D eigenvalue weighted by molar-refractivity contribution is 0.0948. The molecule has 1 aromatic heterocycles. The number of aromatic nitrogens is 1. The van der Waals surface area contributed by atoms with Crippen molar-refractivity contribution in [1.82, 2.24) is 10.3 Å². The highest BCUT2D eigenvalue weighted by Gasteiger charge is 2.07. The van der Waals surface area contributed by atoms with E-state index in [1.807, 2.05) is 12.1 Å². The molecule has 1 N–H and O–H groups in total. The van der Waals surface area contributed by atoms with E-state index in [1.54, 1.807) is 25.4 Å². The first-order chi connectivity index (χ1) is 9.22. The fourth-order valence-electron chi connectivity index (χ4n) is 1.77. The topological polar surface area (TPSA) is 51.2 Å². The Labute approximate surface area is 116 Å². The number of carbonyl (C=O) groups is 1. The van der Waals surface area contributed by atoms with Gasteiger partial charge in [-0.15, -0.1) is 0 Å². The number of ether oxygens (including phenoxy) is 1. The first-order valence-corrected chi connectivity index (χ1v) is 6.41. The number of fused-ring (bicyclic) bond motifs is 1. The first-order valence-electron chi connectivity index (χ1n) is 6.04. The van der Waals surface area contributed by atoms with Crippen molar-refractivity contribution in [3.63, 3.8) is 0 Å². The van der Waals surface area contributed by atoms with E-state index in [0.717, 1.165) is 11.8 Å². The summed E-state index contributed by atoms with van der Waals surface area (Å²) >= 11 is 6.03. The summed E-state index contributed by atoms with van der Waals surface area (Å²) in [7, 11) is 1.64. The molecule has 0 bridgehead atoms. The lowest BCUT2D eigenvalue weighted by atomic mass is 10.1. The second-order valence-electron chi connectivity index (χ2n) is 4.14. The van der Waals surface area contributed by atoms with Crippen LogP contribution in [-0.2, 0) is 4.74 Å². The van der Waals surface area contributed by atoms with E-state index in [0.29, 0.717) is 29.3 Å². The number of carbonyl (C=O) groups excluding carboxylic acids is 1. The third-order valence-electron chi connectivity index (χ3n) is 2.73. The number of para-hydroxylation sites is 1. The number of amides is 1. The molecular formula is C14H15ClN2O2. The fourth-order valence-corrected chi connectivity index (χ4v) is 2.00. The third kappa shape index (κ3) is 3.43. The van der Waals surface area contributed by atoms with E-state index in [1.165, 1.54) is 0 Å². The minimum absolute atomic E-state index is 0.134. The molecule has 2 aromatic rings. The number of hydrogen-bond donors (Lipinski definition) is 1. The lowest BCUT2D eigenvalue weighted by Gasteiger charge is -2.06. The molecule has 0 saturated heterocycles. The van der Waals surface area contributed by atoms with Gasteiger partial charge in [0.2, 0.25) is 0 Å². The SMILES string of the molecule is COCCCNC(=O)c1cnc2c(Cl)cccc2c1. The van der Waals surface area contributed by atoms with Crippen LogP contribution in [0.5, 0.6) is 0 Å². The van der Waals surface area contributed by atoms with Gasteiger partial charge in [-0.3, -0.25) is 9.78 Å². The molecule has 1 heterocycles. The zero-order valence-electron chi connectivity index (χ0n) is 10.6. The largest absolute Gasteiger partial charge is 0.385 e. The minimum atomic E-state index is -0.134. The summed E-state index contributed by atoms with van der Waals surface area (Å²) < 4.78 is 4.92. The van der Waals surface area contributed by atoms with Crippen molar-refractivity contribution >= 4 is 28.4 Å². The molecule has 19 heavy (non-hydrogen) atoms. The summed E-state index contributed by atoms with van der Waals surface area (Å²) in [6, 6.07) is 7.30. The standard InChI is InChI=1S/C14H15ClN2O2/c1-19-7-3-6-16-14(18)11-8-10-4-2-5-12(15)13(10)17-9-11/h2,4-5,8-9H,3,6-7H2,1H3,(H,16,18). The van der Waals surface area contributed by atoms with Crippen molar-refractivity contribution in [2.24, 2.45) is 0 Å². The summed E-state index contributed by atoms with van der Waals surface area (Å²) in [5, 5.41) is 4.27. The van der Waals surface area contributed by atoms with Crippen LogP contribution in [0.2, 0.25) is 5.02 Å². The number of benzene rings is 1. The molecule has 0 saturated carbocycles. The second-order valence-corrected chi connectivity index (χ2v) is 4.55. The van der Waals surface area contributed by atoms with Crippen molar-refractivity contribution in [1.29, 1.82) is 0 Å². The Bertz CT molecular complexity index is 587. The molecule has 2 rings (SSSR count). The van der Waals surface area contributed by atoms with Crippen LogP contribution in [0, 0.1) is 0 Å². The van der Waals surface area contributed by atoms with Gasteiger partial charge in [0.15, 0.2) is 0 Å². The molecule has 5 heteroatoms. The van der Waals surface area contributed by atoms with Gasteiger partial charge in [0.1, 0.15) is 0 Å². The Kier molecular flexibility index (Phi) is 4.71. The Balaban J connectivity index is 2.10. The molecule has 0 aliphatic carbocycles. The third-order valence-corrected chi connectivity index (χ3v) is 3.04. The molecule has 4 nitrogen and oxygen atoms in total. The van der Waals surface area contributed by atoms with Gasteiger partial charge >= 0.3 is 0 Å². The Morgan fingerprint density at radius 2 is 2.32 bits per heavy atom. The highest BCUT2D eigenvalue weighted by molar-refractivity contribution is 6.35. The second kappa shape index (κ2) is 6.50. The van der Waals surface area contributed by atoms with Crippen molar-refractivity contribution in [3.8, 4) is 0 Å². The molecule has 0 aliphatic heterocycles. The fraction of sp³-hybridized carbons (Fsp3) is 0.286. The Morgan fingerprint density at radius 3 is 3.11 bits per heavy atom. The molecule has 0 unspecified atom stereocenters. The zero-order valence-corrected chi connectivity index (χ0v) is 11.4. The van der Waals surface area contributed by atoms with Crippen molar-refractivity contribution < 1.29 is 9.53 Å². The van der Waals surface area contributed by atoms with Crippen molar-refractivity contribution in [3.05, 3.63) is 41.0 Å². The number of hydrogen-bond acceptors (Lipinski definition) is 3. The number of pyridine rings is 1. The van der Waals surface area contributed by atoms with Gasteiger partial charge in [-0.25, -0.2) is 0 Å². The maximum absolute atomic E-state index is 11.9. The maximum Gasteiger partial charge on any atom is 0.252 e. The van der Waals surface area contributed by atoms with Crippen LogP contribution in [0.4, 0.5) is 0 Å². The first kappa shape index (κ1) is 13.8. The van der Waals surface area contributed by atoms with Crippen LogP contribution in [0.15, 0.2) is 30.5 Å². The maximum atomic E-state index is 11.9. The summed E-state index contributed by atoms with van der Waals surface area (Å²) in [5.74, 6) is -0.134. The molecule has 0 atom stereocenters. The summed E-state index contributed by atoms with van der Waals surface area (Å²) in [6.45, 7) is 1.21. The molecule has 0 fully saturated rings. The van der Waals surface area contributed by atoms with Crippen LogP contribution >= 0.6 is 11.6 Å². The van der Waals surface area contributed by atoms with E-state index < -0.39 is 0 Å². The van der Waals surface area contributed by atoms with Gasteiger partial charge in [-0.2, -0.15) is 0 Å². The van der Waals surface area contributed by atoms with E-state index >= 15 is 0 Å². The smallest absolute Gasteiger partial charge is 0.252 e. The van der Waals surface area contributed by atoms with E-state index in [9.17, 15) is 4.79 Å². The van der Waals surface area contributed by atoms with Crippen LogP contribution in [0.1, 0.15) is 16.8 Å². The number of halogens is 1.